The molecule has 1 aromatic carbocycles. The standard InChI is InChI=1S/C16H26N2O3/c1-12(13-6-8-15(20-5)9-7-13)18-21-11-14(19)10-17-16(2,3)4/h6-9,14,17,19H,10-11H2,1-5H3/b18-12+. The van der Waals surface area contributed by atoms with Crippen molar-refractivity contribution in [3.8, 4) is 5.75 Å². The Hall–Kier alpha value is -1.59. The Kier molecular flexibility index (Phi) is 6.65. The number of nitrogens with zero attached hydrogens (tertiary/aromatic N) is 1. The summed E-state index contributed by atoms with van der Waals surface area (Å²) in [5.41, 5.74) is 1.69. The van der Waals surface area contributed by atoms with Gasteiger partial charge in [0.1, 0.15) is 18.5 Å². The lowest BCUT2D eigenvalue weighted by Gasteiger charge is -2.22. The van der Waals surface area contributed by atoms with Gasteiger partial charge in [0.15, 0.2) is 0 Å². The number of aliphatic hydroxyl groups is 1. The number of hydrogen-bond donors (Lipinski definition) is 2. The molecule has 118 valence electrons. The predicted octanol–water partition coefficient (Wildman–Crippen LogP) is 2.18. The summed E-state index contributed by atoms with van der Waals surface area (Å²) in [6.45, 7) is 8.64. The Bertz CT molecular complexity index is 450. The van der Waals surface area contributed by atoms with Crippen LogP contribution in [0.3, 0.4) is 0 Å². The van der Waals surface area contributed by atoms with Gasteiger partial charge in [0.05, 0.1) is 12.8 Å². The Morgan fingerprint density at radius 1 is 1.29 bits per heavy atom. The van der Waals surface area contributed by atoms with Crippen LogP contribution in [0.1, 0.15) is 33.3 Å². The van der Waals surface area contributed by atoms with Crippen LogP contribution < -0.4 is 10.1 Å². The van der Waals surface area contributed by atoms with Crippen molar-refractivity contribution in [1.82, 2.24) is 5.32 Å². The maximum Gasteiger partial charge on any atom is 0.144 e. The second kappa shape index (κ2) is 8.00. The minimum absolute atomic E-state index is 0.0245. The van der Waals surface area contributed by atoms with Gasteiger partial charge >= 0.3 is 0 Å². The van der Waals surface area contributed by atoms with Gasteiger partial charge in [-0.15, -0.1) is 0 Å². The molecular formula is C16H26N2O3. The van der Waals surface area contributed by atoms with Gasteiger partial charge in [-0.05, 0) is 57.5 Å². The molecule has 2 N–H and O–H groups in total. The Morgan fingerprint density at radius 3 is 2.43 bits per heavy atom. The van der Waals surface area contributed by atoms with E-state index in [1.165, 1.54) is 0 Å². The van der Waals surface area contributed by atoms with E-state index in [9.17, 15) is 5.11 Å². The second-order valence-corrected chi connectivity index (χ2v) is 5.99. The number of nitrogens with one attached hydrogen (secondary N) is 1. The molecule has 0 radical (unpaired) electrons. The molecule has 0 saturated carbocycles. The van der Waals surface area contributed by atoms with E-state index in [4.69, 9.17) is 9.57 Å². The van der Waals surface area contributed by atoms with Gasteiger partial charge in [-0.25, -0.2) is 0 Å². The van der Waals surface area contributed by atoms with Crippen molar-refractivity contribution in [1.29, 1.82) is 0 Å². The van der Waals surface area contributed by atoms with Crippen LogP contribution in [0.25, 0.3) is 0 Å². The Morgan fingerprint density at radius 2 is 1.90 bits per heavy atom. The van der Waals surface area contributed by atoms with E-state index in [2.05, 4.69) is 10.5 Å². The zero-order valence-electron chi connectivity index (χ0n) is 13.5. The minimum Gasteiger partial charge on any atom is -0.497 e. The molecule has 1 atom stereocenters. The largest absolute Gasteiger partial charge is 0.497 e. The van der Waals surface area contributed by atoms with Crippen molar-refractivity contribution in [2.24, 2.45) is 5.16 Å². The average molecular weight is 294 g/mol. The molecule has 0 amide bonds. The van der Waals surface area contributed by atoms with Gasteiger partial charge in [-0.2, -0.15) is 0 Å². The fraction of sp³-hybridized carbons (Fsp3) is 0.562. The molecule has 0 aliphatic carbocycles. The smallest absolute Gasteiger partial charge is 0.144 e. The maximum atomic E-state index is 9.79. The summed E-state index contributed by atoms with van der Waals surface area (Å²) in [6.07, 6.45) is -0.586. The quantitative estimate of drug-likeness (QED) is 0.598. The highest BCUT2D eigenvalue weighted by Gasteiger charge is 2.12. The Balaban J connectivity index is 2.41. The van der Waals surface area contributed by atoms with E-state index in [-0.39, 0.29) is 12.1 Å². The summed E-state index contributed by atoms with van der Waals surface area (Å²) in [6, 6.07) is 7.57. The number of β-amino-alcohol motifs (C(OH)–C–C–N with tert-alkyl or cyclic N) is 1. The van der Waals surface area contributed by atoms with Crippen LogP contribution in [0.15, 0.2) is 29.4 Å². The monoisotopic (exact) mass is 294 g/mol. The zero-order valence-corrected chi connectivity index (χ0v) is 13.5. The maximum absolute atomic E-state index is 9.79. The third-order valence-corrected chi connectivity index (χ3v) is 2.84. The number of hydrogen-bond acceptors (Lipinski definition) is 5. The first-order chi connectivity index (χ1) is 9.81. The van der Waals surface area contributed by atoms with Crippen molar-refractivity contribution in [2.75, 3.05) is 20.3 Å². The molecule has 0 bridgehead atoms. The van der Waals surface area contributed by atoms with E-state index in [0.29, 0.717) is 6.54 Å². The molecule has 0 aliphatic rings. The fourth-order valence-electron chi connectivity index (χ4n) is 1.59. The molecule has 5 nitrogen and oxygen atoms in total. The third-order valence-electron chi connectivity index (χ3n) is 2.84. The number of aliphatic hydroxyl groups excluding tert-OH is 1. The van der Waals surface area contributed by atoms with E-state index < -0.39 is 6.10 Å². The highest BCUT2D eigenvalue weighted by atomic mass is 16.6. The summed E-state index contributed by atoms with van der Waals surface area (Å²) in [5.74, 6) is 0.802. The van der Waals surface area contributed by atoms with E-state index in [1.54, 1.807) is 7.11 Å². The van der Waals surface area contributed by atoms with Gasteiger partial charge in [0.2, 0.25) is 0 Å². The highest BCUT2D eigenvalue weighted by Crippen LogP contribution is 2.12. The van der Waals surface area contributed by atoms with Crippen LogP contribution in [0, 0.1) is 0 Å². The fourth-order valence-corrected chi connectivity index (χ4v) is 1.59. The van der Waals surface area contributed by atoms with Crippen molar-refractivity contribution in [2.45, 2.75) is 39.3 Å². The number of methoxy groups -OCH3 is 1. The van der Waals surface area contributed by atoms with Gasteiger partial charge in [0.25, 0.3) is 0 Å². The molecule has 1 aromatic rings. The second-order valence-electron chi connectivity index (χ2n) is 5.99. The SMILES string of the molecule is COc1ccc(/C(C)=N/OCC(O)CNC(C)(C)C)cc1. The van der Waals surface area contributed by atoms with Crippen molar-refractivity contribution in [3.63, 3.8) is 0 Å². The van der Waals surface area contributed by atoms with Gasteiger partial charge in [-0.1, -0.05) is 5.16 Å². The highest BCUT2D eigenvalue weighted by molar-refractivity contribution is 5.98. The predicted molar refractivity (Wildman–Crippen MR) is 84.9 cm³/mol. The first-order valence-electron chi connectivity index (χ1n) is 7.06. The number of rotatable bonds is 7. The third kappa shape index (κ3) is 7.11. The average Bonchev–Trinajstić information content (AvgIpc) is 2.44. The molecule has 5 heteroatoms. The van der Waals surface area contributed by atoms with Crippen LogP contribution in [-0.2, 0) is 4.84 Å². The van der Waals surface area contributed by atoms with E-state index in [0.717, 1.165) is 17.0 Å². The topological polar surface area (TPSA) is 63.1 Å². The van der Waals surface area contributed by atoms with Crippen LogP contribution in [0.4, 0.5) is 0 Å². The van der Waals surface area contributed by atoms with E-state index >= 15 is 0 Å². The van der Waals surface area contributed by atoms with Crippen molar-refractivity contribution < 1.29 is 14.7 Å². The van der Waals surface area contributed by atoms with Crippen LogP contribution in [0.2, 0.25) is 0 Å². The first-order valence-corrected chi connectivity index (χ1v) is 7.06. The molecule has 0 heterocycles. The molecule has 0 saturated heterocycles. The zero-order chi connectivity index (χ0) is 15.9. The molecule has 1 rings (SSSR count). The Labute approximate surface area is 127 Å². The summed E-state index contributed by atoms with van der Waals surface area (Å²) < 4.78 is 5.10. The molecule has 0 fully saturated rings. The van der Waals surface area contributed by atoms with Crippen LogP contribution in [0.5, 0.6) is 5.75 Å². The molecule has 0 aliphatic heterocycles. The van der Waals surface area contributed by atoms with Crippen molar-refractivity contribution in [3.05, 3.63) is 29.8 Å². The molecule has 0 spiro atoms. The summed E-state index contributed by atoms with van der Waals surface area (Å²) in [7, 11) is 1.63. The van der Waals surface area contributed by atoms with Gasteiger partial charge < -0.3 is 20.0 Å². The molecule has 21 heavy (non-hydrogen) atoms. The lowest BCUT2D eigenvalue weighted by atomic mass is 10.1. The van der Waals surface area contributed by atoms with Gasteiger partial charge in [-0.3, -0.25) is 0 Å². The minimum atomic E-state index is -0.586. The first kappa shape index (κ1) is 17.5. The van der Waals surface area contributed by atoms with Crippen molar-refractivity contribution >= 4 is 5.71 Å². The molecular weight excluding hydrogens is 268 g/mol. The molecule has 1 unspecified atom stereocenters. The van der Waals surface area contributed by atoms with Gasteiger partial charge in [0, 0.05) is 12.1 Å². The number of oxime groups is 1. The summed E-state index contributed by atoms with van der Waals surface area (Å²) in [4.78, 5) is 5.20. The number of benzene rings is 1. The summed E-state index contributed by atoms with van der Waals surface area (Å²) in [5, 5.41) is 17.0. The number of ether oxygens (including phenoxy) is 1. The van der Waals surface area contributed by atoms with Crippen LogP contribution >= 0.6 is 0 Å². The lowest BCUT2D eigenvalue weighted by molar-refractivity contribution is 0.0373. The summed E-state index contributed by atoms with van der Waals surface area (Å²) >= 11 is 0. The van der Waals surface area contributed by atoms with E-state index in [1.807, 2.05) is 52.0 Å². The normalized spacial score (nSPS) is 13.9. The molecule has 0 aromatic heterocycles. The lowest BCUT2D eigenvalue weighted by Crippen LogP contribution is -2.42. The van der Waals surface area contributed by atoms with Crippen LogP contribution in [-0.4, -0.2) is 42.7 Å².